The predicted octanol–water partition coefficient (Wildman–Crippen LogP) is 1.43. The number of rotatable bonds is 0. The highest BCUT2D eigenvalue weighted by Gasteiger charge is 2.33. The Morgan fingerprint density at radius 1 is 1.23 bits per heavy atom. The van der Waals surface area contributed by atoms with Gasteiger partial charge < -0.3 is 5.32 Å². The van der Waals surface area contributed by atoms with Crippen LogP contribution in [0.4, 0.5) is 0 Å². The summed E-state index contributed by atoms with van der Waals surface area (Å²) in [5, 5.41) is 4.05. The maximum absolute atomic E-state index is 11.9. The topological polar surface area (TPSA) is 29.1 Å². The highest BCUT2D eigenvalue weighted by molar-refractivity contribution is 7.85. The second kappa shape index (κ2) is 4.09. The van der Waals surface area contributed by atoms with Crippen molar-refractivity contribution in [3.63, 3.8) is 0 Å². The van der Waals surface area contributed by atoms with E-state index in [0.29, 0.717) is 17.3 Å². The molecule has 2 nitrogen and oxygen atoms in total. The van der Waals surface area contributed by atoms with Gasteiger partial charge in [0.2, 0.25) is 0 Å². The maximum atomic E-state index is 11.9. The van der Waals surface area contributed by atoms with Gasteiger partial charge in [-0.3, -0.25) is 4.21 Å². The molecule has 2 aliphatic rings. The van der Waals surface area contributed by atoms with Crippen molar-refractivity contribution in [1.29, 1.82) is 0 Å². The Morgan fingerprint density at radius 2 is 2.00 bits per heavy atom. The molecule has 4 atom stereocenters. The molecule has 1 aliphatic heterocycles. The van der Waals surface area contributed by atoms with Gasteiger partial charge in [-0.2, -0.15) is 0 Å². The first-order valence-electron chi connectivity index (χ1n) is 5.40. The van der Waals surface area contributed by atoms with Crippen molar-refractivity contribution in [2.75, 3.05) is 5.75 Å². The maximum Gasteiger partial charge on any atom is 0.0501 e. The van der Waals surface area contributed by atoms with Crippen LogP contribution in [0.1, 0.15) is 39.0 Å². The van der Waals surface area contributed by atoms with Gasteiger partial charge >= 0.3 is 0 Å². The average molecular weight is 201 g/mol. The molecule has 3 heteroatoms. The summed E-state index contributed by atoms with van der Waals surface area (Å²) in [6.07, 6.45) is 6.35. The Bertz CT molecular complexity index is 207. The SMILES string of the molecule is CC1CS(=O)C2CCCCCC2N1. The molecule has 1 saturated carbocycles. The third-order valence-electron chi connectivity index (χ3n) is 3.20. The van der Waals surface area contributed by atoms with Crippen LogP contribution in [0.25, 0.3) is 0 Å². The Hall–Kier alpha value is 0.110. The lowest BCUT2D eigenvalue weighted by molar-refractivity contribution is 0.408. The van der Waals surface area contributed by atoms with Crippen molar-refractivity contribution in [2.24, 2.45) is 0 Å². The Balaban J connectivity index is 2.07. The van der Waals surface area contributed by atoms with Gasteiger partial charge in [-0.25, -0.2) is 0 Å². The third kappa shape index (κ3) is 2.13. The zero-order valence-electron chi connectivity index (χ0n) is 8.29. The van der Waals surface area contributed by atoms with E-state index in [4.69, 9.17) is 0 Å². The molecular weight excluding hydrogens is 182 g/mol. The minimum Gasteiger partial charge on any atom is -0.309 e. The summed E-state index contributed by atoms with van der Waals surface area (Å²) in [4.78, 5) is 0. The molecule has 13 heavy (non-hydrogen) atoms. The van der Waals surface area contributed by atoms with Crippen LogP contribution in [0.3, 0.4) is 0 Å². The number of nitrogens with one attached hydrogen (secondary N) is 1. The number of hydrogen-bond donors (Lipinski definition) is 1. The summed E-state index contributed by atoms with van der Waals surface area (Å²) in [6, 6.07) is 1.01. The highest BCUT2D eigenvalue weighted by atomic mass is 32.2. The summed E-state index contributed by atoms with van der Waals surface area (Å²) < 4.78 is 11.9. The van der Waals surface area contributed by atoms with E-state index in [2.05, 4.69) is 12.2 Å². The molecular formula is C10H19NOS. The molecule has 1 aliphatic carbocycles. The van der Waals surface area contributed by atoms with Gasteiger partial charge in [0, 0.05) is 28.6 Å². The van der Waals surface area contributed by atoms with Crippen molar-refractivity contribution < 1.29 is 4.21 Å². The molecule has 76 valence electrons. The molecule has 2 fully saturated rings. The summed E-state index contributed by atoms with van der Waals surface area (Å²) in [5.74, 6) is 0.862. The van der Waals surface area contributed by atoms with Gasteiger partial charge in [0.15, 0.2) is 0 Å². The van der Waals surface area contributed by atoms with Crippen molar-refractivity contribution in [2.45, 2.75) is 56.4 Å². The van der Waals surface area contributed by atoms with Crippen LogP contribution in [0.2, 0.25) is 0 Å². The lowest BCUT2D eigenvalue weighted by Gasteiger charge is -2.34. The van der Waals surface area contributed by atoms with Crippen LogP contribution in [-0.2, 0) is 10.8 Å². The number of hydrogen-bond acceptors (Lipinski definition) is 2. The van der Waals surface area contributed by atoms with E-state index in [-0.39, 0.29) is 0 Å². The molecule has 4 unspecified atom stereocenters. The van der Waals surface area contributed by atoms with Gasteiger partial charge in [-0.1, -0.05) is 19.3 Å². The Labute approximate surface area is 82.9 Å². The Morgan fingerprint density at radius 3 is 2.85 bits per heavy atom. The van der Waals surface area contributed by atoms with Crippen LogP contribution in [0.15, 0.2) is 0 Å². The average Bonchev–Trinajstić information content (AvgIpc) is 2.28. The largest absolute Gasteiger partial charge is 0.309 e. The van der Waals surface area contributed by atoms with Crippen molar-refractivity contribution in [1.82, 2.24) is 5.32 Å². The van der Waals surface area contributed by atoms with Crippen LogP contribution < -0.4 is 5.32 Å². The Kier molecular flexibility index (Phi) is 3.04. The fourth-order valence-electron chi connectivity index (χ4n) is 2.56. The standard InChI is InChI=1S/C10H19NOS/c1-8-7-13(12)10-6-4-2-3-5-9(10)11-8/h8-11H,2-7H2,1H3. The van der Waals surface area contributed by atoms with E-state index >= 15 is 0 Å². The van der Waals surface area contributed by atoms with E-state index in [1.165, 1.54) is 32.1 Å². The fraction of sp³-hybridized carbons (Fsp3) is 1.00. The van der Waals surface area contributed by atoms with Crippen molar-refractivity contribution in [3.8, 4) is 0 Å². The molecule has 0 aromatic carbocycles. The fourth-order valence-corrected chi connectivity index (χ4v) is 4.41. The minimum absolute atomic E-state index is 0.457. The highest BCUT2D eigenvalue weighted by Crippen LogP contribution is 2.25. The quantitative estimate of drug-likeness (QED) is 0.642. The smallest absolute Gasteiger partial charge is 0.0501 e. The predicted molar refractivity (Wildman–Crippen MR) is 56.3 cm³/mol. The van der Waals surface area contributed by atoms with Gasteiger partial charge in [-0.05, 0) is 19.8 Å². The molecule has 0 amide bonds. The summed E-state index contributed by atoms with van der Waals surface area (Å²) >= 11 is 0. The second-order valence-corrected chi connectivity index (χ2v) is 6.10. The van der Waals surface area contributed by atoms with E-state index in [9.17, 15) is 4.21 Å². The monoisotopic (exact) mass is 201 g/mol. The summed E-state index contributed by atoms with van der Waals surface area (Å²) in [6.45, 7) is 2.15. The van der Waals surface area contributed by atoms with Crippen molar-refractivity contribution >= 4 is 10.8 Å². The molecule has 1 N–H and O–H groups in total. The lowest BCUT2D eigenvalue weighted by Crippen LogP contribution is -2.53. The first-order valence-corrected chi connectivity index (χ1v) is 6.79. The molecule has 0 spiro atoms. The van der Waals surface area contributed by atoms with Gasteiger partial charge in [-0.15, -0.1) is 0 Å². The normalized spacial score (nSPS) is 46.5. The molecule has 0 aromatic heterocycles. The van der Waals surface area contributed by atoms with Crippen LogP contribution >= 0.6 is 0 Å². The third-order valence-corrected chi connectivity index (χ3v) is 5.27. The molecule has 0 radical (unpaired) electrons. The first-order chi connectivity index (χ1) is 6.27. The molecule has 2 rings (SSSR count). The second-order valence-electron chi connectivity index (χ2n) is 4.40. The molecule has 1 saturated heterocycles. The lowest BCUT2D eigenvalue weighted by atomic mass is 10.1. The van der Waals surface area contributed by atoms with E-state index in [1.54, 1.807) is 0 Å². The van der Waals surface area contributed by atoms with E-state index < -0.39 is 10.8 Å². The number of fused-ring (bicyclic) bond motifs is 1. The zero-order valence-corrected chi connectivity index (χ0v) is 9.11. The van der Waals surface area contributed by atoms with Gasteiger partial charge in [0.05, 0.1) is 5.25 Å². The zero-order chi connectivity index (χ0) is 9.26. The van der Waals surface area contributed by atoms with E-state index in [0.717, 1.165) is 5.75 Å². The van der Waals surface area contributed by atoms with Crippen LogP contribution in [0, 0.1) is 0 Å². The molecule has 0 bridgehead atoms. The minimum atomic E-state index is -0.560. The summed E-state index contributed by atoms with van der Waals surface area (Å²) in [7, 11) is -0.560. The van der Waals surface area contributed by atoms with Crippen LogP contribution in [0.5, 0.6) is 0 Å². The van der Waals surface area contributed by atoms with E-state index in [1.807, 2.05) is 0 Å². The summed E-state index contributed by atoms with van der Waals surface area (Å²) in [5.41, 5.74) is 0. The van der Waals surface area contributed by atoms with Gasteiger partial charge in [0.25, 0.3) is 0 Å². The molecule has 1 heterocycles. The first kappa shape index (κ1) is 9.66. The van der Waals surface area contributed by atoms with Gasteiger partial charge in [0.1, 0.15) is 0 Å². The van der Waals surface area contributed by atoms with Crippen LogP contribution in [-0.4, -0.2) is 27.3 Å². The van der Waals surface area contributed by atoms with Crippen molar-refractivity contribution in [3.05, 3.63) is 0 Å². The molecule has 0 aromatic rings.